The van der Waals surface area contributed by atoms with Gasteiger partial charge >= 0.3 is 18.0 Å². The Bertz CT molecular complexity index is 770. The van der Waals surface area contributed by atoms with E-state index in [4.69, 9.17) is 9.57 Å². The zero-order valence-corrected chi connectivity index (χ0v) is 18.4. The molecule has 0 atom stereocenters. The van der Waals surface area contributed by atoms with Gasteiger partial charge < -0.3 is 19.6 Å². The molecule has 0 saturated heterocycles. The van der Waals surface area contributed by atoms with Crippen molar-refractivity contribution in [3.8, 4) is 0 Å². The van der Waals surface area contributed by atoms with Crippen molar-refractivity contribution in [2.24, 2.45) is 0 Å². The topological polar surface area (TPSA) is 111 Å². The van der Waals surface area contributed by atoms with Gasteiger partial charge in [-0.25, -0.2) is 14.4 Å². The third-order valence-electron chi connectivity index (χ3n) is 3.72. The van der Waals surface area contributed by atoms with Crippen LogP contribution in [0.15, 0.2) is 42.5 Å². The van der Waals surface area contributed by atoms with E-state index < -0.39 is 29.5 Å². The van der Waals surface area contributed by atoms with E-state index in [1.54, 1.807) is 51.1 Å². The Kier molecular flexibility index (Phi) is 10.8. The summed E-state index contributed by atoms with van der Waals surface area (Å²) in [5.41, 5.74) is -0.274. The standard InChI is InChI=1S/C22H30N2O7/c1-22(2,3)30-21(28)23-15-9-6-10-16-24(18(25)13-14-19(26)29-4)31-20(27)17-11-7-5-8-12-17/h5,7-8,11-14H,6,9-10,15-16H2,1-4H3,(H,23,28)/b14-13+. The quantitative estimate of drug-likeness (QED) is 0.275. The van der Waals surface area contributed by atoms with Crippen molar-refractivity contribution in [2.75, 3.05) is 20.2 Å². The Morgan fingerprint density at radius 1 is 1.00 bits per heavy atom. The largest absolute Gasteiger partial charge is 0.466 e. The predicted octanol–water partition coefficient (Wildman–Crippen LogP) is 3.01. The Morgan fingerprint density at radius 3 is 2.29 bits per heavy atom. The zero-order valence-electron chi connectivity index (χ0n) is 18.4. The number of nitrogens with zero attached hydrogens (tertiary/aromatic N) is 1. The molecule has 9 heteroatoms. The Morgan fingerprint density at radius 2 is 1.68 bits per heavy atom. The van der Waals surface area contributed by atoms with Gasteiger partial charge in [-0.15, -0.1) is 0 Å². The number of alkyl carbamates (subject to hydrolysis) is 1. The zero-order chi connectivity index (χ0) is 23.3. The number of hydroxylamine groups is 2. The first kappa shape index (κ1) is 25.7. The van der Waals surface area contributed by atoms with E-state index in [1.165, 1.54) is 7.11 Å². The van der Waals surface area contributed by atoms with Gasteiger partial charge in [-0.05, 0) is 52.2 Å². The first-order valence-corrected chi connectivity index (χ1v) is 9.94. The molecule has 0 heterocycles. The van der Waals surface area contributed by atoms with Crippen LogP contribution in [0.1, 0.15) is 50.4 Å². The minimum atomic E-state index is -0.698. The van der Waals surface area contributed by atoms with E-state index in [-0.39, 0.29) is 6.54 Å². The Labute approximate surface area is 182 Å². The first-order valence-electron chi connectivity index (χ1n) is 9.94. The van der Waals surface area contributed by atoms with Gasteiger partial charge in [0.05, 0.1) is 19.2 Å². The third-order valence-corrected chi connectivity index (χ3v) is 3.72. The molecule has 1 rings (SSSR count). The monoisotopic (exact) mass is 434 g/mol. The van der Waals surface area contributed by atoms with Gasteiger partial charge in [0.15, 0.2) is 0 Å². The highest BCUT2D eigenvalue weighted by Crippen LogP contribution is 2.08. The second kappa shape index (κ2) is 13.0. The van der Waals surface area contributed by atoms with Crippen molar-refractivity contribution in [2.45, 2.75) is 45.6 Å². The van der Waals surface area contributed by atoms with Crippen LogP contribution in [0.4, 0.5) is 4.79 Å². The highest BCUT2D eigenvalue weighted by molar-refractivity contribution is 5.95. The molecule has 0 aliphatic heterocycles. The summed E-state index contributed by atoms with van der Waals surface area (Å²) in [4.78, 5) is 52.7. The summed E-state index contributed by atoms with van der Waals surface area (Å²) in [6.45, 7) is 5.88. The van der Waals surface area contributed by atoms with Crippen molar-refractivity contribution >= 4 is 23.9 Å². The highest BCUT2D eigenvalue weighted by Gasteiger charge is 2.18. The number of nitrogens with one attached hydrogen (secondary N) is 1. The van der Waals surface area contributed by atoms with E-state index in [1.807, 2.05) is 0 Å². The molecule has 0 unspecified atom stereocenters. The lowest BCUT2D eigenvalue weighted by atomic mass is 10.2. The molecule has 2 amide bonds. The van der Waals surface area contributed by atoms with E-state index in [0.29, 0.717) is 31.4 Å². The number of amides is 2. The second-order valence-electron chi connectivity index (χ2n) is 7.53. The smallest absolute Gasteiger partial charge is 0.407 e. The maximum Gasteiger partial charge on any atom is 0.407 e. The van der Waals surface area contributed by atoms with Crippen LogP contribution in [0.3, 0.4) is 0 Å². The van der Waals surface area contributed by atoms with Gasteiger partial charge in [0.2, 0.25) is 0 Å². The molecule has 0 saturated carbocycles. The number of esters is 1. The van der Waals surface area contributed by atoms with Gasteiger partial charge in [-0.1, -0.05) is 18.2 Å². The highest BCUT2D eigenvalue weighted by atomic mass is 16.7. The van der Waals surface area contributed by atoms with Crippen molar-refractivity contribution in [1.29, 1.82) is 0 Å². The number of rotatable bonds is 9. The van der Waals surface area contributed by atoms with Crippen LogP contribution >= 0.6 is 0 Å². The number of benzene rings is 1. The van der Waals surface area contributed by atoms with Crippen molar-refractivity contribution in [1.82, 2.24) is 10.4 Å². The minimum absolute atomic E-state index is 0.120. The summed E-state index contributed by atoms with van der Waals surface area (Å²) in [5, 5.41) is 3.55. The average molecular weight is 434 g/mol. The maximum atomic E-state index is 12.4. The van der Waals surface area contributed by atoms with Gasteiger partial charge in [0, 0.05) is 18.7 Å². The number of unbranched alkanes of at least 4 members (excludes halogenated alkanes) is 2. The Balaban J connectivity index is 2.55. The number of carbonyl (C=O) groups excluding carboxylic acids is 4. The van der Waals surface area contributed by atoms with E-state index in [0.717, 1.165) is 17.2 Å². The fourth-order valence-electron chi connectivity index (χ4n) is 2.28. The van der Waals surface area contributed by atoms with Crippen LogP contribution in [0.5, 0.6) is 0 Å². The SMILES string of the molecule is COC(=O)/C=C/C(=O)N(CCCCCNC(=O)OC(C)(C)C)OC(=O)c1ccccc1. The van der Waals surface area contributed by atoms with Crippen molar-refractivity contribution in [3.63, 3.8) is 0 Å². The molecule has 0 radical (unpaired) electrons. The summed E-state index contributed by atoms with van der Waals surface area (Å²) >= 11 is 0. The van der Waals surface area contributed by atoms with Gasteiger partial charge in [-0.2, -0.15) is 5.06 Å². The average Bonchev–Trinajstić information content (AvgIpc) is 2.72. The van der Waals surface area contributed by atoms with Crippen LogP contribution in [0, 0.1) is 0 Å². The molecule has 1 aromatic rings. The number of ether oxygens (including phenoxy) is 2. The van der Waals surface area contributed by atoms with Crippen LogP contribution in [-0.2, 0) is 23.9 Å². The molecule has 1 N–H and O–H groups in total. The van der Waals surface area contributed by atoms with E-state index >= 15 is 0 Å². The first-order chi connectivity index (χ1) is 14.6. The molecule has 31 heavy (non-hydrogen) atoms. The molecular weight excluding hydrogens is 404 g/mol. The van der Waals surface area contributed by atoms with Crippen LogP contribution < -0.4 is 5.32 Å². The fourth-order valence-corrected chi connectivity index (χ4v) is 2.28. The molecule has 0 fully saturated rings. The molecule has 0 spiro atoms. The molecule has 0 aromatic heterocycles. The molecule has 0 bridgehead atoms. The van der Waals surface area contributed by atoms with E-state index in [2.05, 4.69) is 10.1 Å². The normalized spacial score (nSPS) is 11.0. The van der Waals surface area contributed by atoms with Gasteiger partial charge in [-0.3, -0.25) is 4.79 Å². The number of hydrogen-bond donors (Lipinski definition) is 1. The number of carbonyl (C=O) groups is 4. The summed E-state index contributed by atoms with van der Waals surface area (Å²) < 4.78 is 9.61. The number of methoxy groups -OCH3 is 1. The van der Waals surface area contributed by atoms with E-state index in [9.17, 15) is 19.2 Å². The van der Waals surface area contributed by atoms with Crippen LogP contribution in [0.25, 0.3) is 0 Å². The maximum absolute atomic E-state index is 12.4. The molecule has 9 nitrogen and oxygen atoms in total. The predicted molar refractivity (Wildman–Crippen MR) is 113 cm³/mol. The summed E-state index contributed by atoms with van der Waals surface area (Å²) in [6, 6.07) is 8.24. The minimum Gasteiger partial charge on any atom is -0.466 e. The lowest BCUT2D eigenvalue weighted by Gasteiger charge is -2.20. The van der Waals surface area contributed by atoms with Crippen molar-refractivity contribution in [3.05, 3.63) is 48.0 Å². The molecule has 0 aliphatic carbocycles. The Hall–Kier alpha value is -3.36. The van der Waals surface area contributed by atoms with Crippen LogP contribution in [-0.4, -0.2) is 54.8 Å². The molecular formula is C22H30N2O7. The molecule has 170 valence electrons. The van der Waals surface area contributed by atoms with Crippen LogP contribution in [0.2, 0.25) is 0 Å². The fraction of sp³-hybridized carbons (Fsp3) is 0.455. The van der Waals surface area contributed by atoms with Gasteiger partial charge in [0.25, 0.3) is 5.91 Å². The molecule has 1 aromatic carbocycles. The lowest BCUT2D eigenvalue weighted by molar-refractivity contribution is -0.162. The lowest BCUT2D eigenvalue weighted by Crippen LogP contribution is -2.34. The third kappa shape index (κ3) is 11.4. The summed E-state index contributed by atoms with van der Waals surface area (Å²) in [7, 11) is 1.19. The van der Waals surface area contributed by atoms with Crippen molar-refractivity contribution < 1.29 is 33.5 Å². The molecule has 0 aliphatic rings. The second-order valence-corrected chi connectivity index (χ2v) is 7.53. The summed E-state index contributed by atoms with van der Waals surface area (Å²) in [5.74, 6) is -2.05. The summed E-state index contributed by atoms with van der Waals surface area (Å²) in [6.07, 6.45) is 3.25. The number of hydrogen-bond acceptors (Lipinski definition) is 7. The van der Waals surface area contributed by atoms with Gasteiger partial charge in [0.1, 0.15) is 5.60 Å².